The maximum atomic E-state index is 12.0. The SMILES string of the molecule is CCOC(=O)c1csc2c1CCN(Cc1cnc(N)c(C(C)=N)c1)C2. The first-order chi connectivity index (χ1) is 12.0. The summed E-state index contributed by atoms with van der Waals surface area (Å²) in [6, 6.07) is 1.94. The van der Waals surface area contributed by atoms with Crippen LogP contribution < -0.4 is 5.73 Å². The fourth-order valence-corrected chi connectivity index (χ4v) is 4.17. The van der Waals surface area contributed by atoms with Crippen LogP contribution in [0.5, 0.6) is 0 Å². The molecule has 1 aliphatic rings. The molecule has 0 amide bonds. The van der Waals surface area contributed by atoms with Gasteiger partial charge < -0.3 is 15.9 Å². The number of nitrogen functional groups attached to an aromatic ring is 1. The minimum absolute atomic E-state index is 0.220. The number of pyridine rings is 1. The Bertz CT molecular complexity index is 815. The molecule has 7 heteroatoms. The van der Waals surface area contributed by atoms with Gasteiger partial charge in [-0.2, -0.15) is 0 Å². The zero-order valence-corrected chi connectivity index (χ0v) is 15.3. The van der Waals surface area contributed by atoms with Crippen LogP contribution in [0, 0.1) is 5.41 Å². The van der Waals surface area contributed by atoms with Crippen molar-refractivity contribution in [1.29, 1.82) is 5.41 Å². The summed E-state index contributed by atoms with van der Waals surface area (Å²) in [4.78, 5) is 19.8. The summed E-state index contributed by atoms with van der Waals surface area (Å²) in [6.07, 6.45) is 2.61. The van der Waals surface area contributed by atoms with E-state index in [-0.39, 0.29) is 5.97 Å². The molecule has 0 unspecified atom stereocenters. The quantitative estimate of drug-likeness (QED) is 0.633. The van der Waals surface area contributed by atoms with Crippen molar-refractivity contribution in [3.63, 3.8) is 0 Å². The number of carbonyl (C=O) groups excluding carboxylic acids is 1. The molecular weight excluding hydrogens is 336 g/mol. The second-order valence-corrected chi connectivity index (χ2v) is 7.10. The number of hydrogen-bond acceptors (Lipinski definition) is 7. The van der Waals surface area contributed by atoms with Gasteiger partial charge in [0.1, 0.15) is 5.82 Å². The smallest absolute Gasteiger partial charge is 0.339 e. The third kappa shape index (κ3) is 3.72. The van der Waals surface area contributed by atoms with Crippen LogP contribution in [0.1, 0.15) is 45.8 Å². The number of rotatable bonds is 5. The van der Waals surface area contributed by atoms with E-state index in [4.69, 9.17) is 15.9 Å². The van der Waals surface area contributed by atoms with E-state index in [1.165, 1.54) is 4.88 Å². The number of anilines is 1. The van der Waals surface area contributed by atoms with Crippen molar-refractivity contribution < 1.29 is 9.53 Å². The summed E-state index contributed by atoms with van der Waals surface area (Å²) < 4.78 is 5.14. The molecule has 3 heterocycles. The largest absolute Gasteiger partial charge is 0.462 e. The zero-order valence-electron chi connectivity index (χ0n) is 14.5. The van der Waals surface area contributed by atoms with E-state index in [0.717, 1.165) is 42.7 Å². The molecule has 0 aromatic carbocycles. The summed E-state index contributed by atoms with van der Waals surface area (Å²) in [6.45, 7) is 6.37. The molecule has 0 saturated carbocycles. The highest BCUT2D eigenvalue weighted by Gasteiger charge is 2.24. The first-order valence-electron chi connectivity index (χ1n) is 8.28. The van der Waals surface area contributed by atoms with Crippen molar-refractivity contribution >= 4 is 28.8 Å². The molecule has 0 radical (unpaired) electrons. The van der Waals surface area contributed by atoms with Gasteiger partial charge in [0.25, 0.3) is 0 Å². The van der Waals surface area contributed by atoms with Crippen molar-refractivity contribution in [2.75, 3.05) is 18.9 Å². The van der Waals surface area contributed by atoms with Gasteiger partial charge in [0.2, 0.25) is 0 Å². The van der Waals surface area contributed by atoms with Gasteiger partial charge in [-0.3, -0.25) is 4.90 Å². The van der Waals surface area contributed by atoms with Gasteiger partial charge in [-0.1, -0.05) is 0 Å². The highest BCUT2D eigenvalue weighted by molar-refractivity contribution is 7.10. The third-order valence-corrected chi connectivity index (χ3v) is 5.32. The average molecular weight is 358 g/mol. The number of hydrogen-bond donors (Lipinski definition) is 2. The van der Waals surface area contributed by atoms with Gasteiger partial charge in [0.05, 0.1) is 12.2 Å². The molecule has 2 aromatic rings. The van der Waals surface area contributed by atoms with Crippen LogP contribution in [-0.4, -0.2) is 34.7 Å². The van der Waals surface area contributed by atoms with Gasteiger partial charge in [-0.15, -0.1) is 11.3 Å². The molecule has 0 spiro atoms. The first-order valence-corrected chi connectivity index (χ1v) is 9.16. The second kappa shape index (κ2) is 7.33. The Hall–Kier alpha value is -2.25. The number of thiophene rings is 1. The summed E-state index contributed by atoms with van der Waals surface area (Å²) in [5.74, 6) is 0.178. The number of nitrogens with two attached hydrogens (primary N) is 1. The Morgan fingerprint density at radius 1 is 1.48 bits per heavy atom. The monoisotopic (exact) mass is 358 g/mol. The number of carbonyl (C=O) groups is 1. The van der Waals surface area contributed by atoms with Gasteiger partial charge in [0, 0.05) is 47.4 Å². The predicted octanol–water partition coefficient (Wildman–Crippen LogP) is 2.85. The van der Waals surface area contributed by atoms with Gasteiger partial charge in [-0.05, 0) is 37.5 Å². The Kier molecular flexibility index (Phi) is 5.15. The molecule has 2 aromatic heterocycles. The van der Waals surface area contributed by atoms with E-state index in [1.54, 1.807) is 24.5 Å². The molecule has 25 heavy (non-hydrogen) atoms. The standard InChI is InChI=1S/C18H22N4O2S/c1-3-24-18(23)15-10-25-16-9-22(5-4-13(15)16)8-12-6-14(11(2)19)17(20)21-7-12/h6-7,10,19H,3-5,8-9H2,1-2H3,(H2,20,21). The average Bonchev–Trinajstić information content (AvgIpc) is 3.00. The van der Waals surface area contributed by atoms with Crippen LogP contribution >= 0.6 is 11.3 Å². The van der Waals surface area contributed by atoms with Gasteiger partial charge in [-0.25, -0.2) is 9.78 Å². The number of nitrogens with zero attached hydrogens (tertiary/aromatic N) is 2. The van der Waals surface area contributed by atoms with Crippen LogP contribution in [0.2, 0.25) is 0 Å². The fraction of sp³-hybridized carbons (Fsp3) is 0.389. The summed E-state index contributed by atoms with van der Waals surface area (Å²) in [5.41, 5.74) is 9.84. The van der Waals surface area contributed by atoms with E-state index < -0.39 is 0 Å². The molecule has 132 valence electrons. The molecule has 0 bridgehead atoms. The minimum Gasteiger partial charge on any atom is -0.462 e. The predicted molar refractivity (Wildman–Crippen MR) is 99.2 cm³/mol. The second-order valence-electron chi connectivity index (χ2n) is 6.13. The summed E-state index contributed by atoms with van der Waals surface area (Å²) in [7, 11) is 0. The van der Waals surface area contributed by atoms with Crippen molar-refractivity contribution in [1.82, 2.24) is 9.88 Å². The molecule has 1 aliphatic heterocycles. The Morgan fingerprint density at radius 3 is 3.00 bits per heavy atom. The lowest BCUT2D eigenvalue weighted by atomic mass is 10.0. The molecule has 0 aliphatic carbocycles. The number of fused-ring (bicyclic) bond motifs is 1. The lowest BCUT2D eigenvalue weighted by Gasteiger charge is -2.27. The van der Waals surface area contributed by atoms with Crippen molar-refractivity contribution in [3.05, 3.63) is 44.8 Å². The third-order valence-electron chi connectivity index (χ3n) is 4.31. The molecular formula is C18H22N4O2S. The van der Waals surface area contributed by atoms with E-state index in [0.29, 0.717) is 23.7 Å². The van der Waals surface area contributed by atoms with Crippen LogP contribution in [-0.2, 0) is 24.2 Å². The van der Waals surface area contributed by atoms with Crippen molar-refractivity contribution in [3.8, 4) is 0 Å². The maximum Gasteiger partial charge on any atom is 0.339 e. The van der Waals surface area contributed by atoms with Crippen LogP contribution in [0.15, 0.2) is 17.6 Å². The van der Waals surface area contributed by atoms with Gasteiger partial charge in [0.15, 0.2) is 0 Å². The maximum absolute atomic E-state index is 12.0. The van der Waals surface area contributed by atoms with E-state index >= 15 is 0 Å². The molecule has 0 atom stereocenters. The minimum atomic E-state index is -0.220. The van der Waals surface area contributed by atoms with E-state index in [2.05, 4.69) is 9.88 Å². The Balaban J connectivity index is 1.73. The number of esters is 1. The molecule has 0 fully saturated rings. The van der Waals surface area contributed by atoms with Crippen LogP contribution in [0.3, 0.4) is 0 Å². The molecule has 0 saturated heterocycles. The molecule has 6 nitrogen and oxygen atoms in total. The lowest BCUT2D eigenvalue weighted by Crippen LogP contribution is -2.30. The van der Waals surface area contributed by atoms with Crippen LogP contribution in [0.25, 0.3) is 0 Å². The summed E-state index contributed by atoms with van der Waals surface area (Å²) >= 11 is 1.62. The van der Waals surface area contributed by atoms with Gasteiger partial charge >= 0.3 is 5.97 Å². The number of aromatic nitrogens is 1. The highest BCUT2D eigenvalue weighted by Crippen LogP contribution is 2.30. The van der Waals surface area contributed by atoms with Crippen molar-refractivity contribution in [2.24, 2.45) is 0 Å². The van der Waals surface area contributed by atoms with Crippen LogP contribution in [0.4, 0.5) is 5.82 Å². The lowest BCUT2D eigenvalue weighted by molar-refractivity contribution is 0.0525. The van der Waals surface area contributed by atoms with E-state index in [1.807, 2.05) is 18.4 Å². The highest BCUT2D eigenvalue weighted by atomic mass is 32.1. The summed E-state index contributed by atoms with van der Waals surface area (Å²) in [5, 5.41) is 9.70. The number of nitrogens with one attached hydrogen (secondary N) is 1. The zero-order chi connectivity index (χ0) is 18.0. The molecule has 3 N–H and O–H groups in total. The normalized spacial score (nSPS) is 14.2. The topological polar surface area (TPSA) is 92.3 Å². The number of ether oxygens (including phenoxy) is 1. The Morgan fingerprint density at radius 2 is 2.28 bits per heavy atom. The fourth-order valence-electron chi connectivity index (χ4n) is 3.06. The van der Waals surface area contributed by atoms with E-state index in [9.17, 15) is 4.79 Å². The molecule has 3 rings (SSSR count). The first kappa shape index (κ1) is 17.6. The van der Waals surface area contributed by atoms with Crippen molar-refractivity contribution in [2.45, 2.75) is 33.4 Å². The Labute approximate surface area is 151 Å².